The molecule has 32 heavy (non-hydrogen) atoms. The first-order valence-corrected chi connectivity index (χ1v) is 10.6. The van der Waals surface area contributed by atoms with E-state index < -0.39 is 5.97 Å². The quantitative estimate of drug-likeness (QED) is 0.347. The molecule has 0 radical (unpaired) electrons. The average molecular weight is 451 g/mol. The van der Waals surface area contributed by atoms with Crippen molar-refractivity contribution in [2.24, 2.45) is 5.10 Å². The minimum atomic E-state index is -1.12. The first kappa shape index (κ1) is 20.1. The zero-order chi connectivity index (χ0) is 22.1. The Bertz CT molecular complexity index is 1410. The predicted octanol–water partition coefficient (Wildman–Crippen LogP) is 2.78. The highest BCUT2D eigenvalue weighted by atomic mass is 32.1. The van der Waals surface area contributed by atoms with Crippen LogP contribution in [0.4, 0.5) is 11.8 Å². The second-order valence-electron chi connectivity index (χ2n) is 7.02. The van der Waals surface area contributed by atoms with Gasteiger partial charge in [-0.25, -0.2) is 15.2 Å². The molecule has 0 bridgehead atoms. The van der Waals surface area contributed by atoms with Crippen molar-refractivity contribution in [3.05, 3.63) is 57.3 Å². The molecule has 162 valence electrons. The molecule has 2 N–H and O–H groups in total. The van der Waals surface area contributed by atoms with Crippen molar-refractivity contribution in [3.63, 3.8) is 0 Å². The zero-order valence-corrected chi connectivity index (χ0v) is 17.5. The molecule has 5 rings (SSSR count). The molecular formula is C21H17N5O5S. The van der Waals surface area contributed by atoms with Crippen LogP contribution >= 0.6 is 11.3 Å². The van der Waals surface area contributed by atoms with Crippen LogP contribution in [0.2, 0.25) is 0 Å². The lowest BCUT2D eigenvalue weighted by molar-refractivity contribution is 0.0697. The third-order valence-electron chi connectivity index (χ3n) is 5.03. The maximum absolute atomic E-state index is 12.7. The number of carbonyl (C=O) groups is 1. The Morgan fingerprint density at radius 2 is 2.06 bits per heavy atom. The summed E-state index contributed by atoms with van der Waals surface area (Å²) in [6.45, 7) is 2.75. The standard InChI is InChI=1S/C21H17N5O5S/c27-17-13(11-31-16-2-1-12(20(28)29)9-15(16)17)10-22-25-21-23-18(26-4-6-30-7-5-26)14-3-8-32-19(14)24-21/h1-3,8-11H,4-7H2,(H,28,29)(H,23,24,25)/b22-10+. The zero-order valence-electron chi connectivity index (χ0n) is 16.6. The number of hydrazone groups is 1. The Kier molecular flexibility index (Phi) is 5.25. The lowest BCUT2D eigenvalue weighted by Crippen LogP contribution is -2.37. The van der Waals surface area contributed by atoms with Crippen LogP contribution in [-0.2, 0) is 4.74 Å². The number of nitrogens with zero attached hydrogens (tertiary/aromatic N) is 4. The highest BCUT2D eigenvalue weighted by Gasteiger charge is 2.18. The number of aromatic carboxylic acids is 1. The normalized spacial score (nSPS) is 14.4. The van der Waals surface area contributed by atoms with Gasteiger partial charge in [-0.1, -0.05) is 0 Å². The van der Waals surface area contributed by atoms with E-state index >= 15 is 0 Å². The van der Waals surface area contributed by atoms with Gasteiger partial charge in [-0.15, -0.1) is 11.3 Å². The lowest BCUT2D eigenvalue weighted by Gasteiger charge is -2.28. The Labute approximate surface area is 184 Å². The molecule has 0 saturated carbocycles. The molecule has 0 atom stereocenters. The predicted molar refractivity (Wildman–Crippen MR) is 121 cm³/mol. The van der Waals surface area contributed by atoms with Gasteiger partial charge in [0.05, 0.1) is 41.3 Å². The molecule has 1 aliphatic heterocycles. The van der Waals surface area contributed by atoms with E-state index in [0.717, 1.165) is 29.1 Å². The fraction of sp³-hybridized carbons (Fsp3) is 0.190. The number of rotatable bonds is 5. The number of carboxylic acid groups (broad SMARTS) is 1. The Morgan fingerprint density at radius 1 is 1.22 bits per heavy atom. The second-order valence-corrected chi connectivity index (χ2v) is 7.91. The third-order valence-corrected chi connectivity index (χ3v) is 5.84. The molecule has 4 heterocycles. The molecule has 0 amide bonds. The van der Waals surface area contributed by atoms with Gasteiger partial charge in [-0.2, -0.15) is 10.1 Å². The number of hydrogen-bond acceptors (Lipinski definition) is 10. The van der Waals surface area contributed by atoms with E-state index in [1.54, 1.807) is 0 Å². The maximum atomic E-state index is 12.7. The summed E-state index contributed by atoms with van der Waals surface area (Å²) < 4.78 is 10.9. The van der Waals surface area contributed by atoms with Gasteiger partial charge in [0.2, 0.25) is 11.4 Å². The largest absolute Gasteiger partial charge is 0.478 e. The molecule has 0 aliphatic carbocycles. The van der Waals surface area contributed by atoms with Crippen LogP contribution in [0.3, 0.4) is 0 Å². The molecular weight excluding hydrogens is 434 g/mol. The summed E-state index contributed by atoms with van der Waals surface area (Å²) in [5.41, 5.74) is 2.86. The molecule has 1 saturated heterocycles. The van der Waals surface area contributed by atoms with E-state index in [4.69, 9.17) is 14.3 Å². The van der Waals surface area contributed by atoms with E-state index in [9.17, 15) is 9.59 Å². The maximum Gasteiger partial charge on any atom is 0.335 e. The van der Waals surface area contributed by atoms with Crippen LogP contribution in [0.25, 0.3) is 21.2 Å². The van der Waals surface area contributed by atoms with E-state index in [1.165, 1.54) is 42.0 Å². The first-order valence-electron chi connectivity index (χ1n) is 9.76. The van der Waals surface area contributed by atoms with Crippen molar-refractivity contribution in [1.82, 2.24) is 9.97 Å². The van der Waals surface area contributed by atoms with Crippen molar-refractivity contribution < 1.29 is 19.1 Å². The summed E-state index contributed by atoms with van der Waals surface area (Å²) in [6.07, 6.45) is 2.58. The van der Waals surface area contributed by atoms with Gasteiger partial charge in [0.1, 0.15) is 22.5 Å². The number of thiophene rings is 1. The van der Waals surface area contributed by atoms with Crippen molar-refractivity contribution in [2.75, 3.05) is 36.6 Å². The van der Waals surface area contributed by atoms with E-state index in [1.807, 2.05) is 11.4 Å². The van der Waals surface area contributed by atoms with Gasteiger partial charge in [0, 0.05) is 13.1 Å². The monoisotopic (exact) mass is 451 g/mol. The van der Waals surface area contributed by atoms with Gasteiger partial charge in [0.25, 0.3) is 0 Å². The summed E-state index contributed by atoms with van der Waals surface area (Å²) in [6, 6.07) is 6.11. The Balaban J connectivity index is 1.43. The summed E-state index contributed by atoms with van der Waals surface area (Å²) >= 11 is 1.50. The number of carboxylic acids is 1. The lowest BCUT2D eigenvalue weighted by atomic mass is 10.1. The van der Waals surface area contributed by atoms with Crippen LogP contribution < -0.4 is 15.8 Å². The SMILES string of the molecule is O=C(O)c1ccc2occ(/C=N/Nc3nc(N4CCOCC4)c4ccsc4n3)c(=O)c2c1. The number of fused-ring (bicyclic) bond motifs is 2. The van der Waals surface area contributed by atoms with Crippen molar-refractivity contribution in [2.45, 2.75) is 0 Å². The van der Waals surface area contributed by atoms with Crippen molar-refractivity contribution in [1.29, 1.82) is 0 Å². The van der Waals surface area contributed by atoms with E-state index in [0.29, 0.717) is 24.7 Å². The highest BCUT2D eigenvalue weighted by Crippen LogP contribution is 2.29. The average Bonchev–Trinajstić information content (AvgIpc) is 3.29. The van der Waals surface area contributed by atoms with Crippen LogP contribution in [0.5, 0.6) is 0 Å². The van der Waals surface area contributed by atoms with Crippen LogP contribution in [0.1, 0.15) is 15.9 Å². The summed E-state index contributed by atoms with van der Waals surface area (Å²) in [5, 5.41) is 16.4. The molecule has 0 unspecified atom stereocenters. The molecule has 10 nitrogen and oxygen atoms in total. The van der Waals surface area contributed by atoms with Gasteiger partial charge in [-0.05, 0) is 29.6 Å². The number of nitrogens with one attached hydrogen (secondary N) is 1. The molecule has 1 aromatic carbocycles. The highest BCUT2D eigenvalue weighted by molar-refractivity contribution is 7.16. The fourth-order valence-corrected chi connectivity index (χ4v) is 4.19. The molecule has 0 spiro atoms. The molecule has 4 aromatic rings. The Hall–Kier alpha value is -3.83. The topological polar surface area (TPSA) is 130 Å². The second kappa shape index (κ2) is 8.36. The number of aromatic nitrogens is 2. The minimum absolute atomic E-state index is 0.00491. The molecule has 11 heteroatoms. The van der Waals surface area contributed by atoms with Crippen molar-refractivity contribution >= 4 is 56.5 Å². The number of ether oxygens (including phenoxy) is 1. The van der Waals surface area contributed by atoms with E-state index in [-0.39, 0.29) is 21.9 Å². The smallest absolute Gasteiger partial charge is 0.335 e. The van der Waals surface area contributed by atoms with E-state index in [2.05, 4.69) is 25.4 Å². The molecule has 1 aliphatic rings. The minimum Gasteiger partial charge on any atom is -0.478 e. The number of anilines is 2. The van der Waals surface area contributed by atoms with Crippen molar-refractivity contribution in [3.8, 4) is 0 Å². The number of morpholine rings is 1. The summed E-state index contributed by atoms with van der Waals surface area (Å²) in [4.78, 5) is 36.0. The molecule has 3 aromatic heterocycles. The van der Waals surface area contributed by atoms with Gasteiger partial charge in [0.15, 0.2) is 0 Å². The summed E-state index contributed by atoms with van der Waals surface area (Å²) in [5.74, 6) is -0.0103. The van der Waals surface area contributed by atoms with Crippen LogP contribution in [0, 0.1) is 0 Å². The van der Waals surface area contributed by atoms with Crippen LogP contribution in [0.15, 0.2) is 50.2 Å². The van der Waals surface area contributed by atoms with Gasteiger partial charge < -0.3 is 19.2 Å². The molecule has 1 fully saturated rings. The van der Waals surface area contributed by atoms with Gasteiger partial charge in [-0.3, -0.25) is 4.79 Å². The van der Waals surface area contributed by atoms with Crippen LogP contribution in [-0.4, -0.2) is 53.6 Å². The Morgan fingerprint density at radius 3 is 2.88 bits per heavy atom. The number of hydrogen-bond donors (Lipinski definition) is 2. The third kappa shape index (κ3) is 3.79. The number of benzene rings is 1. The summed E-state index contributed by atoms with van der Waals surface area (Å²) in [7, 11) is 0. The van der Waals surface area contributed by atoms with Gasteiger partial charge >= 0.3 is 5.97 Å². The fourth-order valence-electron chi connectivity index (χ4n) is 3.43. The first-order chi connectivity index (χ1) is 15.6.